The van der Waals surface area contributed by atoms with Gasteiger partial charge in [0.1, 0.15) is 0 Å². The van der Waals surface area contributed by atoms with Crippen LogP contribution < -0.4 is 5.43 Å². The molecule has 0 aromatic heterocycles. The molecule has 0 saturated carbocycles. The molecule has 1 aliphatic heterocycles. The molecule has 1 saturated heterocycles. The number of rotatable bonds is 10. The zero-order valence-electron chi connectivity index (χ0n) is 15.4. The topological polar surface area (TPSA) is 32.3 Å². The number of nitrogens with zero attached hydrogens (tertiary/aromatic N) is 1. The maximum Gasteiger partial charge on any atom is 0.237 e. The van der Waals surface area contributed by atoms with E-state index in [1.807, 2.05) is 0 Å². The zero-order chi connectivity index (χ0) is 16.4. The molecule has 2 atom stereocenters. The van der Waals surface area contributed by atoms with Crippen molar-refractivity contribution in [1.82, 2.24) is 10.4 Å². The Balaban J connectivity index is 2.36. The van der Waals surface area contributed by atoms with Crippen molar-refractivity contribution in [1.29, 1.82) is 0 Å². The summed E-state index contributed by atoms with van der Waals surface area (Å²) in [5.74, 6) is 1.60. The van der Waals surface area contributed by atoms with Gasteiger partial charge in [0, 0.05) is 19.0 Å². The van der Waals surface area contributed by atoms with Crippen molar-refractivity contribution in [3.05, 3.63) is 0 Å². The third-order valence-electron chi connectivity index (χ3n) is 4.99. The van der Waals surface area contributed by atoms with E-state index < -0.39 is 0 Å². The summed E-state index contributed by atoms with van der Waals surface area (Å²) in [4.78, 5) is 12.5. The molecule has 0 radical (unpaired) electrons. The molecule has 0 spiro atoms. The molecule has 1 aliphatic rings. The number of hydrazine groups is 1. The molecule has 0 aromatic rings. The number of piperidine rings is 1. The quantitative estimate of drug-likeness (QED) is 0.589. The Morgan fingerprint density at radius 2 is 1.95 bits per heavy atom. The summed E-state index contributed by atoms with van der Waals surface area (Å²) in [7, 11) is 0. The summed E-state index contributed by atoms with van der Waals surface area (Å²) < 4.78 is 0. The first-order valence-corrected chi connectivity index (χ1v) is 9.63. The Bertz CT molecular complexity index is 304. The molecule has 1 heterocycles. The Morgan fingerprint density at radius 1 is 1.18 bits per heavy atom. The van der Waals surface area contributed by atoms with Crippen molar-refractivity contribution in [2.75, 3.05) is 13.1 Å². The van der Waals surface area contributed by atoms with Gasteiger partial charge in [-0.3, -0.25) is 10.2 Å². The smallest absolute Gasteiger partial charge is 0.237 e. The summed E-state index contributed by atoms with van der Waals surface area (Å²) in [6.45, 7) is 10.8. The van der Waals surface area contributed by atoms with E-state index in [9.17, 15) is 4.79 Å². The maximum absolute atomic E-state index is 12.5. The van der Waals surface area contributed by atoms with Crippen molar-refractivity contribution < 1.29 is 4.79 Å². The molecule has 0 aliphatic carbocycles. The average Bonchev–Trinajstić information content (AvgIpc) is 2.49. The van der Waals surface area contributed by atoms with E-state index in [0.717, 1.165) is 31.8 Å². The number of carbonyl (C=O) groups excluding carboxylic acids is 1. The van der Waals surface area contributed by atoms with E-state index >= 15 is 0 Å². The summed E-state index contributed by atoms with van der Waals surface area (Å²) in [5.41, 5.74) is 3.21. The fraction of sp³-hybridized carbons (Fsp3) is 0.947. The second kappa shape index (κ2) is 11.0. The zero-order valence-corrected chi connectivity index (χ0v) is 15.4. The van der Waals surface area contributed by atoms with Gasteiger partial charge in [-0.1, -0.05) is 59.8 Å². The fourth-order valence-electron chi connectivity index (χ4n) is 3.58. The van der Waals surface area contributed by atoms with Crippen LogP contribution in [-0.2, 0) is 4.79 Å². The van der Waals surface area contributed by atoms with Crippen LogP contribution in [0, 0.1) is 17.8 Å². The Kier molecular flexibility index (Phi) is 9.77. The highest BCUT2D eigenvalue weighted by Gasteiger charge is 2.25. The molecule has 3 heteroatoms. The Labute approximate surface area is 138 Å². The van der Waals surface area contributed by atoms with Gasteiger partial charge >= 0.3 is 0 Å². The number of carbonyl (C=O) groups is 1. The van der Waals surface area contributed by atoms with Crippen LogP contribution in [0.2, 0.25) is 0 Å². The van der Waals surface area contributed by atoms with Crippen molar-refractivity contribution in [3.8, 4) is 0 Å². The van der Waals surface area contributed by atoms with Gasteiger partial charge < -0.3 is 0 Å². The summed E-state index contributed by atoms with van der Waals surface area (Å²) in [6, 6.07) is 0. The van der Waals surface area contributed by atoms with E-state index in [-0.39, 0.29) is 11.8 Å². The molecule has 2 unspecified atom stereocenters. The molecule has 1 fully saturated rings. The molecule has 130 valence electrons. The van der Waals surface area contributed by atoms with Gasteiger partial charge in [0.2, 0.25) is 5.91 Å². The number of hydrogen-bond donors (Lipinski definition) is 1. The first-order valence-electron chi connectivity index (χ1n) is 9.63. The van der Waals surface area contributed by atoms with Crippen LogP contribution in [0.15, 0.2) is 0 Å². The fourth-order valence-corrected chi connectivity index (χ4v) is 3.58. The largest absolute Gasteiger partial charge is 0.289 e. The average molecular weight is 311 g/mol. The van der Waals surface area contributed by atoms with Crippen LogP contribution in [-0.4, -0.2) is 24.0 Å². The van der Waals surface area contributed by atoms with E-state index in [1.54, 1.807) is 0 Å². The molecule has 3 nitrogen and oxygen atoms in total. The number of unbranched alkanes of at least 4 members (excludes halogenated alkanes) is 3. The van der Waals surface area contributed by atoms with Gasteiger partial charge in [-0.15, -0.1) is 0 Å². The molecule has 22 heavy (non-hydrogen) atoms. The predicted octanol–water partition coefficient (Wildman–Crippen LogP) is 4.77. The van der Waals surface area contributed by atoms with Gasteiger partial charge in [0.25, 0.3) is 0 Å². The second-order valence-corrected chi connectivity index (χ2v) is 7.42. The van der Waals surface area contributed by atoms with Crippen molar-refractivity contribution >= 4 is 5.91 Å². The first kappa shape index (κ1) is 19.5. The molecule has 0 aromatic carbocycles. The highest BCUT2D eigenvalue weighted by Crippen LogP contribution is 2.22. The van der Waals surface area contributed by atoms with Crippen LogP contribution in [0.5, 0.6) is 0 Å². The molecular weight excluding hydrogens is 272 g/mol. The highest BCUT2D eigenvalue weighted by atomic mass is 16.2. The van der Waals surface area contributed by atoms with Crippen molar-refractivity contribution in [2.45, 2.75) is 85.5 Å². The number of amides is 1. The van der Waals surface area contributed by atoms with E-state index in [2.05, 4.69) is 38.1 Å². The van der Waals surface area contributed by atoms with Crippen molar-refractivity contribution in [3.63, 3.8) is 0 Å². The van der Waals surface area contributed by atoms with E-state index in [1.165, 1.54) is 44.9 Å². The molecule has 1 rings (SSSR count). The minimum atomic E-state index is 0.162. The lowest BCUT2D eigenvalue weighted by molar-refractivity contribution is -0.132. The van der Waals surface area contributed by atoms with Gasteiger partial charge in [-0.25, -0.2) is 5.01 Å². The SMILES string of the molecule is CCCCCCC1CCCN(NC(=O)C(CCC)C(C)C)C1. The van der Waals surface area contributed by atoms with Crippen LogP contribution in [0.1, 0.15) is 85.5 Å². The maximum atomic E-state index is 12.5. The van der Waals surface area contributed by atoms with Crippen LogP contribution in [0.4, 0.5) is 0 Å². The second-order valence-electron chi connectivity index (χ2n) is 7.42. The predicted molar refractivity (Wildman–Crippen MR) is 94.4 cm³/mol. The lowest BCUT2D eigenvalue weighted by Crippen LogP contribution is -2.50. The summed E-state index contributed by atoms with van der Waals surface area (Å²) >= 11 is 0. The van der Waals surface area contributed by atoms with Crippen molar-refractivity contribution in [2.24, 2.45) is 17.8 Å². The van der Waals surface area contributed by atoms with E-state index in [0.29, 0.717) is 5.92 Å². The lowest BCUT2D eigenvalue weighted by atomic mass is 9.90. The summed E-state index contributed by atoms with van der Waals surface area (Å²) in [6.07, 6.45) is 11.3. The van der Waals surface area contributed by atoms with Gasteiger partial charge in [-0.05, 0) is 37.5 Å². The standard InChI is InChI=1S/C19H38N2O/c1-5-7-8-9-12-17-13-10-14-21(15-17)20-19(22)18(11-6-2)16(3)4/h16-18H,5-15H2,1-4H3,(H,20,22). The van der Waals surface area contributed by atoms with Crippen LogP contribution >= 0.6 is 0 Å². The monoisotopic (exact) mass is 310 g/mol. The minimum absolute atomic E-state index is 0.162. The molecule has 1 N–H and O–H groups in total. The molecular formula is C19H38N2O. The normalized spacial score (nSPS) is 21.0. The van der Waals surface area contributed by atoms with Crippen LogP contribution in [0.25, 0.3) is 0 Å². The van der Waals surface area contributed by atoms with Gasteiger partial charge in [0.15, 0.2) is 0 Å². The number of nitrogens with one attached hydrogen (secondary N) is 1. The van der Waals surface area contributed by atoms with Crippen LogP contribution in [0.3, 0.4) is 0 Å². The third kappa shape index (κ3) is 7.13. The first-order chi connectivity index (χ1) is 10.6. The molecule has 1 amide bonds. The van der Waals surface area contributed by atoms with Gasteiger partial charge in [0.05, 0.1) is 0 Å². The van der Waals surface area contributed by atoms with Gasteiger partial charge in [-0.2, -0.15) is 0 Å². The molecule has 0 bridgehead atoms. The number of hydrogen-bond acceptors (Lipinski definition) is 2. The Morgan fingerprint density at radius 3 is 2.59 bits per heavy atom. The third-order valence-corrected chi connectivity index (χ3v) is 4.99. The van der Waals surface area contributed by atoms with E-state index in [4.69, 9.17) is 0 Å². The summed E-state index contributed by atoms with van der Waals surface area (Å²) in [5, 5.41) is 2.20. The lowest BCUT2D eigenvalue weighted by Gasteiger charge is -2.34. The Hall–Kier alpha value is -0.570. The minimum Gasteiger partial charge on any atom is -0.289 e. The highest BCUT2D eigenvalue weighted by molar-refractivity contribution is 5.78.